The van der Waals surface area contributed by atoms with E-state index in [1.54, 1.807) is 12.1 Å². The number of hydrogen-bond donors (Lipinski definition) is 0. The Morgan fingerprint density at radius 2 is 0.940 bits per heavy atom. The molecule has 0 radical (unpaired) electrons. The second-order valence-electron chi connectivity index (χ2n) is 11.3. The van der Waals surface area contributed by atoms with E-state index in [0.29, 0.717) is 12.1 Å². The van der Waals surface area contributed by atoms with Gasteiger partial charge in [0.25, 0.3) is 0 Å². The van der Waals surface area contributed by atoms with Crippen molar-refractivity contribution in [3.05, 3.63) is 145 Å². The normalized spacial score (nSPS) is 14.5. The molecule has 5 aromatic rings. The van der Waals surface area contributed by atoms with Gasteiger partial charge in [0, 0.05) is 0 Å². The van der Waals surface area contributed by atoms with Gasteiger partial charge in [-0.2, -0.15) is 22.0 Å². The number of ether oxygens (including phenoxy) is 1. The summed E-state index contributed by atoms with van der Waals surface area (Å²) in [5.41, 5.74) is -0.934. The van der Waals surface area contributed by atoms with Crippen LogP contribution in [0.15, 0.2) is 133 Å². The molecule has 0 spiro atoms. The van der Waals surface area contributed by atoms with Crippen LogP contribution in [-0.2, 0) is 0 Å². The van der Waals surface area contributed by atoms with E-state index in [0.717, 1.165) is 32.2 Å². The van der Waals surface area contributed by atoms with E-state index in [1.807, 2.05) is 97.1 Å². The SMILES string of the molecule is O=C1c2ccc(OC(F)(F)C(F)(F)C(F)(F)C(F)(F)F)cc2C(=O)N1c1cccc([PH](c2ccccc2)(c2ccccc2)c2ccccc2)c1. The molecule has 0 bridgehead atoms. The number of rotatable bonds is 9. The molecule has 50 heavy (non-hydrogen) atoms. The molecule has 2 amide bonds. The summed E-state index contributed by atoms with van der Waals surface area (Å²) in [5.74, 6) is -17.6. The van der Waals surface area contributed by atoms with Gasteiger partial charge in [-0.15, -0.1) is 0 Å². The average Bonchev–Trinajstić information content (AvgIpc) is 3.34. The van der Waals surface area contributed by atoms with E-state index in [4.69, 9.17) is 0 Å². The molecule has 14 heteroatoms. The van der Waals surface area contributed by atoms with Crippen LogP contribution < -0.4 is 30.9 Å². The number of nitrogens with zero attached hydrogens (tertiary/aromatic N) is 1. The van der Waals surface area contributed by atoms with E-state index < -0.39 is 54.5 Å². The molecule has 0 fully saturated rings. The fourth-order valence-corrected chi connectivity index (χ4v) is 10.8. The van der Waals surface area contributed by atoms with Gasteiger partial charge < -0.3 is 0 Å². The Morgan fingerprint density at radius 3 is 1.42 bits per heavy atom. The van der Waals surface area contributed by atoms with Crippen molar-refractivity contribution in [3.8, 4) is 5.75 Å². The maximum atomic E-state index is 14.2. The minimum absolute atomic E-state index is 0.0671. The summed E-state index contributed by atoms with van der Waals surface area (Å²) in [7, 11) is -3.15. The van der Waals surface area contributed by atoms with Crippen molar-refractivity contribution in [2.24, 2.45) is 0 Å². The molecule has 6 rings (SSSR count). The van der Waals surface area contributed by atoms with Crippen LogP contribution in [0, 0.1) is 0 Å². The third kappa shape index (κ3) is 5.40. The van der Waals surface area contributed by atoms with Crippen molar-refractivity contribution >= 4 is 46.0 Å². The number of amides is 2. The first-order chi connectivity index (χ1) is 23.5. The van der Waals surface area contributed by atoms with Crippen LogP contribution in [0.2, 0.25) is 0 Å². The van der Waals surface area contributed by atoms with Crippen molar-refractivity contribution in [2.45, 2.75) is 24.1 Å². The van der Waals surface area contributed by atoms with Gasteiger partial charge >= 0.3 is 257 Å². The van der Waals surface area contributed by atoms with Crippen LogP contribution in [0.5, 0.6) is 5.75 Å². The number of hydrogen-bond acceptors (Lipinski definition) is 3. The van der Waals surface area contributed by atoms with E-state index >= 15 is 0 Å². The molecule has 0 atom stereocenters. The minimum atomic E-state index is -7.17. The van der Waals surface area contributed by atoms with E-state index in [-0.39, 0.29) is 11.3 Å². The zero-order chi connectivity index (χ0) is 36.1. The molecule has 0 aliphatic carbocycles. The second-order valence-corrected chi connectivity index (χ2v) is 15.1. The average molecular weight is 720 g/mol. The predicted molar refractivity (Wildman–Crippen MR) is 172 cm³/mol. The van der Waals surface area contributed by atoms with Crippen molar-refractivity contribution in [3.63, 3.8) is 0 Å². The van der Waals surface area contributed by atoms with Gasteiger partial charge in [-0.25, -0.2) is 0 Å². The number of halogens is 9. The van der Waals surface area contributed by atoms with Gasteiger partial charge in [-0.1, -0.05) is 0 Å². The Balaban J connectivity index is 1.42. The van der Waals surface area contributed by atoms with Crippen molar-refractivity contribution < 1.29 is 53.8 Å². The molecule has 1 aliphatic rings. The number of anilines is 1. The van der Waals surface area contributed by atoms with Gasteiger partial charge in [-0.05, 0) is 0 Å². The fourth-order valence-electron chi connectivity index (χ4n) is 6.03. The molecule has 4 nitrogen and oxygen atoms in total. The van der Waals surface area contributed by atoms with Gasteiger partial charge in [0.15, 0.2) is 0 Å². The van der Waals surface area contributed by atoms with Crippen LogP contribution >= 0.6 is 7.26 Å². The number of carbonyl (C=O) groups is 2. The molecule has 0 unspecified atom stereocenters. The molecule has 5 aromatic carbocycles. The van der Waals surface area contributed by atoms with E-state index in [2.05, 4.69) is 4.74 Å². The zero-order valence-electron chi connectivity index (χ0n) is 25.3. The first-order valence-electron chi connectivity index (χ1n) is 14.7. The summed E-state index contributed by atoms with van der Waals surface area (Å²) < 4.78 is 124. The molecule has 258 valence electrons. The number of carbonyl (C=O) groups excluding carboxylic acids is 2. The maximum absolute atomic E-state index is 14.2. The first kappa shape index (κ1) is 34.7. The van der Waals surface area contributed by atoms with Crippen LogP contribution in [0.4, 0.5) is 45.2 Å². The molecule has 1 aliphatic heterocycles. The topological polar surface area (TPSA) is 46.6 Å². The van der Waals surface area contributed by atoms with Crippen LogP contribution in [0.1, 0.15) is 20.7 Å². The Morgan fingerprint density at radius 1 is 0.480 bits per heavy atom. The van der Waals surface area contributed by atoms with E-state index in [9.17, 15) is 49.1 Å². The summed E-state index contributed by atoms with van der Waals surface area (Å²) in [5, 5.41) is 3.64. The summed E-state index contributed by atoms with van der Waals surface area (Å²) >= 11 is 0. The Bertz CT molecular complexity index is 1960. The number of alkyl halides is 9. The van der Waals surface area contributed by atoms with Gasteiger partial charge in [0.05, 0.1) is 0 Å². The molecule has 0 saturated heterocycles. The molecule has 0 saturated carbocycles. The van der Waals surface area contributed by atoms with Crippen LogP contribution in [-0.4, -0.2) is 35.9 Å². The quantitative estimate of drug-likeness (QED) is 0.0895. The summed E-state index contributed by atoms with van der Waals surface area (Å²) in [6.45, 7) is 0. The number of imide groups is 1. The first-order valence-corrected chi connectivity index (χ1v) is 16.7. The third-order valence-corrected chi connectivity index (χ3v) is 13.2. The third-order valence-electron chi connectivity index (χ3n) is 8.38. The summed E-state index contributed by atoms with van der Waals surface area (Å²) in [4.78, 5) is 27.9. The van der Waals surface area contributed by atoms with Crippen LogP contribution in [0.25, 0.3) is 0 Å². The number of fused-ring (bicyclic) bond motifs is 1. The molecular weight excluding hydrogens is 696 g/mol. The Labute approximate surface area is 279 Å². The molecule has 0 N–H and O–H groups in total. The van der Waals surface area contributed by atoms with Crippen molar-refractivity contribution in [2.75, 3.05) is 4.90 Å². The Hall–Kier alpha value is -5.16. The molecule has 0 aromatic heterocycles. The molecule has 1 heterocycles. The molecular formula is C36H23F9NO3P. The van der Waals surface area contributed by atoms with Crippen LogP contribution in [0.3, 0.4) is 0 Å². The fraction of sp³-hybridized carbons (Fsp3) is 0.111. The van der Waals surface area contributed by atoms with Crippen molar-refractivity contribution in [1.82, 2.24) is 0 Å². The zero-order valence-corrected chi connectivity index (χ0v) is 26.3. The van der Waals surface area contributed by atoms with Gasteiger partial charge in [-0.3, -0.25) is 0 Å². The number of benzene rings is 5. The monoisotopic (exact) mass is 719 g/mol. The van der Waals surface area contributed by atoms with E-state index in [1.165, 1.54) is 6.07 Å². The summed E-state index contributed by atoms with van der Waals surface area (Å²) in [6, 6.07) is 37.0. The summed E-state index contributed by atoms with van der Waals surface area (Å²) in [6.07, 6.45) is -13.4. The predicted octanol–water partition coefficient (Wildman–Crippen LogP) is 7.64. The Kier molecular flexibility index (Phi) is 8.54. The van der Waals surface area contributed by atoms with Gasteiger partial charge in [0.1, 0.15) is 0 Å². The standard InChI is InChI=1S/C36H23F9NO3P/c37-33(38,35(41,42)43)34(39,40)36(44,45)49-24-19-20-29-30(22-24)32(48)46(31(29)47)23-11-10-18-28(21-23)50(25-12-4-1-5-13-25,26-14-6-2-7-15-26)27-16-8-3-9-17-27/h1-22,50H. The van der Waals surface area contributed by atoms with Gasteiger partial charge in [0.2, 0.25) is 0 Å². The second kappa shape index (κ2) is 12.3. The van der Waals surface area contributed by atoms with Crippen molar-refractivity contribution in [1.29, 1.82) is 0 Å².